The molecule has 0 aliphatic carbocycles. The van der Waals surface area contributed by atoms with E-state index < -0.39 is 0 Å². The zero-order valence-corrected chi connectivity index (χ0v) is 12.3. The lowest BCUT2D eigenvalue weighted by Gasteiger charge is -2.31. The molecule has 2 aromatic carbocycles. The zero-order valence-electron chi connectivity index (χ0n) is 12.3. The monoisotopic (exact) mass is 267 g/mol. The van der Waals surface area contributed by atoms with Crippen molar-refractivity contribution in [1.29, 1.82) is 0 Å². The molecule has 2 N–H and O–H groups in total. The molecule has 0 spiro atoms. The molecular formula is C18H21NO. The van der Waals surface area contributed by atoms with Gasteiger partial charge in [-0.05, 0) is 38.0 Å². The van der Waals surface area contributed by atoms with E-state index in [-0.39, 0.29) is 12.1 Å². The van der Waals surface area contributed by atoms with Gasteiger partial charge in [-0.25, -0.2) is 0 Å². The molecular weight excluding hydrogens is 246 g/mol. The third-order valence-corrected chi connectivity index (χ3v) is 4.08. The van der Waals surface area contributed by atoms with Gasteiger partial charge in [-0.15, -0.1) is 0 Å². The van der Waals surface area contributed by atoms with Crippen LogP contribution in [0.4, 0.5) is 0 Å². The van der Waals surface area contributed by atoms with Gasteiger partial charge >= 0.3 is 0 Å². The van der Waals surface area contributed by atoms with Crippen molar-refractivity contribution in [3.8, 4) is 5.75 Å². The molecule has 0 bridgehead atoms. The molecule has 1 aliphatic rings. The number of hydrogen-bond acceptors (Lipinski definition) is 2. The van der Waals surface area contributed by atoms with Gasteiger partial charge in [-0.2, -0.15) is 0 Å². The summed E-state index contributed by atoms with van der Waals surface area (Å²) in [6.45, 7) is 6.33. The number of fused-ring (bicyclic) bond motifs is 1. The summed E-state index contributed by atoms with van der Waals surface area (Å²) in [6.07, 6.45) is 0.890. The topological polar surface area (TPSA) is 35.2 Å². The minimum absolute atomic E-state index is 0.0450. The summed E-state index contributed by atoms with van der Waals surface area (Å²) in [7, 11) is 0. The second kappa shape index (κ2) is 4.95. The molecule has 0 radical (unpaired) electrons. The van der Waals surface area contributed by atoms with Crippen molar-refractivity contribution in [2.75, 3.05) is 0 Å². The van der Waals surface area contributed by atoms with E-state index in [0.717, 1.165) is 17.7 Å². The fourth-order valence-corrected chi connectivity index (χ4v) is 2.92. The second-order valence-electron chi connectivity index (χ2n) is 5.85. The Morgan fingerprint density at radius 1 is 0.950 bits per heavy atom. The van der Waals surface area contributed by atoms with E-state index in [4.69, 9.17) is 10.5 Å². The first kappa shape index (κ1) is 13.2. The Kier molecular flexibility index (Phi) is 3.27. The van der Waals surface area contributed by atoms with Crippen LogP contribution in [0.3, 0.4) is 0 Å². The van der Waals surface area contributed by atoms with Gasteiger partial charge in [0.25, 0.3) is 0 Å². The number of rotatable bonds is 1. The number of hydrogen-bond donors (Lipinski definition) is 1. The molecule has 2 atom stereocenters. The highest BCUT2D eigenvalue weighted by atomic mass is 16.5. The van der Waals surface area contributed by atoms with Crippen molar-refractivity contribution >= 4 is 0 Å². The Morgan fingerprint density at radius 2 is 1.60 bits per heavy atom. The highest BCUT2D eigenvalue weighted by Gasteiger charge is 2.27. The fourth-order valence-electron chi connectivity index (χ4n) is 2.92. The van der Waals surface area contributed by atoms with E-state index in [1.54, 1.807) is 0 Å². The summed E-state index contributed by atoms with van der Waals surface area (Å²) < 4.78 is 6.20. The Morgan fingerprint density at radius 3 is 2.35 bits per heavy atom. The van der Waals surface area contributed by atoms with Crippen LogP contribution in [0.1, 0.15) is 46.4 Å². The molecule has 1 heterocycles. The van der Waals surface area contributed by atoms with Crippen LogP contribution in [-0.2, 0) is 0 Å². The molecule has 0 saturated carbocycles. The summed E-state index contributed by atoms with van der Waals surface area (Å²) >= 11 is 0. The first-order valence-electron chi connectivity index (χ1n) is 7.14. The van der Waals surface area contributed by atoms with Crippen LogP contribution >= 0.6 is 0 Å². The van der Waals surface area contributed by atoms with Crippen molar-refractivity contribution in [2.24, 2.45) is 5.73 Å². The molecule has 104 valence electrons. The predicted octanol–water partition coefficient (Wildman–Crippen LogP) is 4.14. The molecule has 2 heteroatoms. The van der Waals surface area contributed by atoms with Crippen LogP contribution in [0.2, 0.25) is 0 Å². The number of nitrogens with two attached hydrogens (primary N) is 1. The predicted molar refractivity (Wildman–Crippen MR) is 82.0 cm³/mol. The third kappa shape index (κ3) is 2.32. The molecule has 2 aromatic rings. The molecule has 1 aliphatic heterocycles. The molecule has 20 heavy (non-hydrogen) atoms. The molecule has 2 nitrogen and oxygen atoms in total. The van der Waals surface area contributed by atoms with Crippen LogP contribution in [0.15, 0.2) is 36.4 Å². The number of aryl methyl sites for hydroxylation is 3. The number of benzene rings is 2. The summed E-state index contributed by atoms with van der Waals surface area (Å²) in [5.74, 6) is 0.931. The van der Waals surface area contributed by atoms with Crippen LogP contribution in [0.5, 0.6) is 5.75 Å². The van der Waals surface area contributed by atoms with E-state index >= 15 is 0 Å². The highest BCUT2D eigenvalue weighted by Crippen LogP contribution is 2.40. The minimum Gasteiger partial charge on any atom is -0.485 e. The van der Waals surface area contributed by atoms with Crippen LogP contribution in [0.25, 0.3) is 0 Å². The lowest BCUT2D eigenvalue weighted by Crippen LogP contribution is -2.24. The van der Waals surface area contributed by atoms with Gasteiger partial charge in [-0.3, -0.25) is 0 Å². The maximum Gasteiger partial charge on any atom is 0.126 e. The Hall–Kier alpha value is -1.80. The van der Waals surface area contributed by atoms with Crippen LogP contribution in [-0.4, -0.2) is 0 Å². The van der Waals surface area contributed by atoms with Gasteiger partial charge in [0, 0.05) is 18.0 Å². The van der Waals surface area contributed by atoms with Gasteiger partial charge in [0.2, 0.25) is 0 Å². The molecule has 3 rings (SSSR count). The van der Waals surface area contributed by atoms with Gasteiger partial charge in [0.1, 0.15) is 11.9 Å². The van der Waals surface area contributed by atoms with E-state index in [9.17, 15) is 0 Å². The smallest absolute Gasteiger partial charge is 0.126 e. The standard InChI is InChI=1S/C18H21NO/c1-11-4-6-13(3)14(8-11)18-10-16(19)15-9-12(2)5-7-17(15)20-18/h4-9,16,18H,10,19H2,1-3H3. The maximum absolute atomic E-state index is 6.35. The minimum atomic E-state index is 0.0450. The Bertz CT molecular complexity index is 648. The van der Waals surface area contributed by atoms with E-state index in [1.165, 1.54) is 22.3 Å². The maximum atomic E-state index is 6.35. The second-order valence-corrected chi connectivity index (χ2v) is 5.85. The lowest BCUT2D eigenvalue weighted by atomic mass is 9.90. The highest BCUT2D eigenvalue weighted by molar-refractivity contribution is 5.43. The van der Waals surface area contributed by atoms with E-state index in [1.807, 2.05) is 6.07 Å². The quantitative estimate of drug-likeness (QED) is 0.843. The first-order chi connectivity index (χ1) is 9.54. The average Bonchev–Trinajstić information content (AvgIpc) is 2.42. The zero-order chi connectivity index (χ0) is 14.3. The van der Waals surface area contributed by atoms with Crippen molar-refractivity contribution in [3.05, 3.63) is 64.2 Å². The van der Waals surface area contributed by atoms with Crippen LogP contribution < -0.4 is 10.5 Å². The first-order valence-corrected chi connectivity index (χ1v) is 7.14. The molecule has 0 saturated heterocycles. The summed E-state index contributed by atoms with van der Waals surface area (Å²) in [5.41, 5.74) is 12.5. The Balaban J connectivity index is 1.99. The molecule has 0 fully saturated rings. The van der Waals surface area contributed by atoms with Gasteiger partial charge in [-0.1, -0.05) is 41.5 Å². The van der Waals surface area contributed by atoms with Gasteiger partial charge < -0.3 is 10.5 Å². The molecule has 0 aromatic heterocycles. The summed E-state index contributed by atoms with van der Waals surface area (Å²) in [5, 5.41) is 0. The summed E-state index contributed by atoms with van der Waals surface area (Å²) in [6, 6.07) is 12.8. The van der Waals surface area contributed by atoms with Crippen molar-refractivity contribution in [1.82, 2.24) is 0 Å². The molecule has 2 unspecified atom stereocenters. The SMILES string of the molecule is Cc1ccc2c(c1)C(N)CC(c1cc(C)ccc1C)O2. The fraction of sp³-hybridized carbons (Fsp3) is 0.333. The van der Waals surface area contributed by atoms with Gasteiger partial charge in [0.05, 0.1) is 0 Å². The van der Waals surface area contributed by atoms with Crippen LogP contribution in [0, 0.1) is 20.8 Å². The number of ether oxygens (including phenoxy) is 1. The van der Waals surface area contributed by atoms with Gasteiger partial charge in [0.15, 0.2) is 0 Å². The van der Waals surface area contributed by atoms with E-state index in [2.05, 4.69) is 51.1 Å². The molecule has 0 amide bonds. The summed E-state index contributed by atoms with van der Waals surface area (Å²) in [4.78, 5) is 0. The van der Waals surface area contributed by atoms with E-state index in [0.29, 0.717) is 0 Å². The van der Waals surface area contributed by atoms with Crippen molar-refractivity contribution in [2.45, 2.75) is 39.3 Å². The van der Waals surface area contributed by atoms with Crippen molar-refractivity contribution in [3.63, 3.8) is 0 Å². The normalized spacial score (nSPS) is 21.2. The third-order valence-electron chi connectivity index (χ3n) is 4.08. The Labute approximate surface area is 120 Å². The largest absolute Gasteiger partial charge is 0.485 e. The van der Waals surface area contributed by atoms with Crippen molar-refractivity contribution < 1.29 is 4.74 Å². The lowest BCUT2D eigenvalue weighted by molar-refractivity contribution is 0.161. The average molecular weight is 267 g/mol.